The van der Waals surface area contributed by atoms with Crippen LogP contribution in [0.2, 0.25) is 0 Å². The second-order valence-corrected chi connectivity index (χ2v) is 4.17. The third-order valence-corrected chi connectivity index (χ3v) is 2.77. The summed E-state index contributed by atoms with van der Waals surface area (Å²) in [4.78, 5) is 0. The molecule has 1 N–H and O–H groups in total. The first kappa shape index (κ1) is 9.44. The molecule has 0 aromatic carbocycles. The van der Waals surface area contributed by atoms with E-state index in [4.69, 9.17) is 9.47 Å². The minimum atomic E-state index is 0.266. The molecule has 2 atom stereocenters. The average Bonchev–Trinajstić information content (AvgIpc) is 2.90. The van der Waals surface area contributed by atoms with Crippen molar-refractivity contribution in [1.29, 1.82) is 0 Å². The van der Waals surface area contributed by atoms with Gasteiger partial charge in [-0.25, -0.2) is 0 Å². The number of rotatable bonds is 4. The largest absolute Gasteiger partial charge is 0.382 e. The predicted molar refractivity (Wildman–Crippen MR) is 50.7 cm³/mol. The van der Waals surface area contributed by atoms with Gasteiger partial charge in [-0.3, -0.25) is 0 Å². The van der Waals surface area contributed by atoms with E-state index in [0.717, 1.165) is 19.0 Å². The van der Waals surface area contributed by atoms with E-state index < -0.39 is 0 Å². The number of morpholine rings is 1. The van der Waals surface area contributed by atoms with E-state index in [1.165, 1.54) is 19.3 Å². The van der Waals surface area contributed by atoms with E-state index >= 15 is 0 Å². The fraction of sp³-hybridized carbons (Fsp3) is 1.00. The molecule has 0 bridgehead atoms. The molecule has 1 aliphatic carbocycles. The summed E-state index contributed by atoms with van der Waals surface area (Å²) < 4.78 is 11.0. The molecular weight excluding hydrogens is 166 g/mol. The lowest BCUT2D eigenvalue weighted by Crippen LogP contribution is -2.46. The van der Waals surface area contributed by atoms with Crippen molar-refractivity contribution in [3.05, 3.63) is 0 Å². The molecule has 0 spiro atoms. The van der Waals surface area contributed by atoms with E-state index in [1.807, 2.05) is 0 Å². The molecule has 1 aliphatic heterocycles. The van der Waals surface area contributed by atoms with Crippen molar-refractivity contribution < 1.29 is 9.47 Å². The zero-order chi connectivity index (χ0) is 9.10. The van der Waals surface area contributed by atoms with Crippen molar-refractivity contribution in [1.82, 2.24) is 5.32 Å². The molecule has 0 unspecified atom stereocenters. The van der Waals surface area contributed by atoms with Crippen LogP contribution in [0.25, 0.3) is 0 Å². The lowest BCUT2D eigenvalue weighted by molar-refractivity contribution is -0.0723. The predicted octanol–water partition coefficient (Wildman–Crippen LogP) is 0.790. The highest BCUT2D eigenvalue weighted by Gasteiger charge is 2.29. The van der Waals surface area contributed by atoms with Gasteiger partial charge >= 0.3 is 0 Å². The highest BCUT2D eigenvalue weighted by Crippen LogP contribution is 2.34. The van der Waals surface area contributed by atoms with Gasteiger partial charge in [0.2, 0.25) is 0 Å². The van der Waals surface area contributed by atoms with Crippen molar-refractivity contribution in [2.45, 2.75) is 31.5 Å². The van der Waals surface area contributed by atoms with Gasteiger partial charge in [-0.2, -0.15) is 0 Å². The maximum atomic E-state index is 5.89. The van der Waals surface area contributed by atoms with Crippen molar-refractivity contribution >= 4 is 0 Å². The van der Waals surface area contributed by atoms with Crippen LogP contribution in [-0.4, -0.2) is 39.0 Å². The Morgan fingerprint density at radius 2 is 2.08 bits per heavy atom. The highest BCUT2D eigenvalue weighted by atomic mass is 16.5. The van der Waals surface area contributed by atoms with Crippen molar-refractivity contribution in [3.8, 4) is 0 Å². The van der Waals surface area contributed by atoms with Crippen molar-refractivity contribution in [2.75, 3.05) is 26.8 Å². The van der Waals surface area contributed by atoms with Gasteiger partial charge in [0.1, 0.15) is 0 Å². The Morgan fingerprint density at radius 1 is 1.31 bits per heavy atom. The topological polar surface area (TPSA) is 30.5 Å². The molecular formula is C10H19NO2. The first-order valence-corrected chi connectivity index (χ1v) is 5.23. The molecule has 1 saturated heterocycles. The van der Waals surface area contributed by atoms with Gasteiger partial charge in [-0.05, 0) is 12.3 Å². The number of nitrogens with one attached hydrogen (secondary N) is 1. The molecule has 0 amide bonds. The molecule has 3 heteroatoms. The summed E-state index contributed by atoms with van der Waals surface area (Å²) in [6, 6.07) is 0. The van der Waals surface area contributed by atoms with Crippen LogP contribution < -0.4 is 5.32 Å². The van der Waals surface area contributed by atoms with Crippen LogP contribution in [0.4, 0.5) is 0 Å². The molecule has 76 valence electrons. The van der Waals surface area contributed by atoms with Crippen LogP contribution in [0, 0.1) is 5.92 Å². The maximum absolute atomic E-state index is 5.89. The maximum Gasteiger partial charge on any atom is 0.0936 e. The second kappa shape index (κ2) is 4.40. The summed E-state index contributed by atoms with van der Waals surface area (Å²) in [6.07, 6.45) is 4.76. The van der Waals surface area contributed by atoms with Crippen LogP contribution in [-0.2, 0) is 9.47 Å². The van der Waals surface area contributed by atoms with Gasteiger partial charge in [0.25, 0.3) is 0 Å². The van der Waals surface area contributed by atoms with Gasteiger partial charge in [-0.15, -0.1) is 0 Å². The monoisotopic (exact) mass is 185 g/mol. The first-order valence-electron chi connectivity index (χ1n) is 5.23. The van der Waals surface area contributed by atoms with Crippen molar-refractivity contribution in [2.24, 2.45) is 5.92 Å². The molecule has 13 heavy (non-hydrogen) atoms. The van der Waals surface area contributed by atoms with Gasteiger partial charge in [0.05, 0.1) is 18.8 Å². The molecule has 0 aromatic rings. The summed E-state index contributed by atoms with van der Waals surface area (Å²) >= 11 is 0. The van der Waals surface area contributed by atoms with Crippen molar-refractivity contribution in [3.63, 3.8) is 0 Å². The fourth-order valence-electron chi connectivity index (χ4n) is 1.92. The van der Waals surface area contributed by atoms with E-state index in [0.29, 0.717) is 12.7 Å². The summed E-state index contributed by atoms with van der Waals surface area (Å²) in [7, 11) is 1.73. The van der Waals surface area contributed by atoms with Gasteiger partial charge in [0, 0.05) is 20.2 Å². The molecule has 2 rings (SSSR count). The summed E-state index contributed by atoms with van der Waals surface area (Å²) in [5, 5.41) is 3.40. The lowest BCUT2D eigenvalue weighted by atomic mass is 10.1. The Balaban J connectivity index is 1.70. The average molecular weight is 185 g/mol. The number of methoxy groups -OCH3 is 1. The minimum Gasteiger partial charge on any atom is -0.382 e. The minimum absolute atomic E-state index is 0.266. The van der Waals surface area contributed by atoms with E-state index in [2.05, 4.69) is 5.32 Å². The zero-order valence-corrected chi connectivity index (χ0v) is 8.29. The van der Waals surface area contributed by atoms with Crippen LogP contribution in [0.3, 0.4) is 0 Å². The van der Waals surface area contributed by atoms with E-state index in [9.17, 15) is 0 Å². The second-order valence-electron chi connectivity index (χ2n) is 4.17. The first-order chi connectivity index (χ1) is 6.38. The molecule has 2 fully saturated rings. The Morgan fingerprint density at radius 3 is 2.77 bits per heavy atom. The summed E-state index contributed by atoms with van der Waals surface area (Å²) in [5.74, 6) is 0.952. The van der Waals surface area contributed by atoms with Crippen LogP contribution in [0.15, 0.2) is 0 Å². The number of hydrogen-bond donors (Lipinski definition) is 1. The number of hydrogen-bond acceptors (Lipinski definition) is 3. The van der Waals surface area contributed by atoms with Gasteiger partial charge in [0.15, 0.2) is 0 Å². The third-order valence-electron chi connectivity index (χ3n) is 2.77. The Hall–Kier alpha value is -0.120. The van der Waals surface area contributed by atoms with Crippen LogP contribution >= 0.6 is 0 Å². The Kier molecular flexibility index (Phi) is 3.19. The smallest absolute Gasteiger partial charge is 0.0936 e. The fourth-order valence-corrected chi connectivity index (χ4v) is 1.92. The summed E-state index contributed by atoms with van der Waals surface area (Å²) in [6.45, 7) is 2.68. The molecule has 0 radical (unpaired) electrons. The lowest BCUT2D eigenvalue weighted by Gasteiger charge is -2.30. The quantitative estimate of drug-likeness (QED) is 0.702. The third kappa shape index (κ3) is 2.93. The Bertz CT molecular complexity index is 157. The van der Waals surface area contributed by atoms with E-state index in [-0.39, 0.29) is 6.10 Å². The van der Waals surface area contributed by atoms with Gasteiger partial charge in [-0.1, -0.05) is 12.8 Å². The standard InChI is InChI=1S/C10H19NO2/c1-12-7-10-6-11-5-9(13-10)4-8-2-3-8/h8-11H,2-7H2,1H3/t9-,10-/m0/s1. The molecule has 1 saturated carbocycles. The molecule has 0 aromatic heterocycles. The van der Waals surface area contributed by atoms with Crippen LogP contribution in [0.5, 0.6) is 0 Å². The highest BCUT2D eigenvalue weighted by molar-refractivity contribution is 4.81. The molecule has 3 nitrogen and oxygen atoms in total. The Labute approximate surface area is 79.8 Å². The van der Waals surface area contributed by atoms with E-state index in [1.54, 1.807) is 7.11 Å². The van der Waals surface area contributed by atoms with Gasteiger partial charge < -0.3 is 14.8 Å². The SMILES string of the molecule is COC[C@@H]1CNC[C@H](CC2CC2)O1. The van der Waals surface area contributed by atoms with Crippen LogP contribution in [0.1, 0.15) is 19.3 Å². The molecule has 1 heterocycles. The zero-order valence-electron chi connectivity index (χ0n) is 8.29. The normalized spacial score (nSPS) is 34.8. The molecule has 2 aliphatic rings. The number of ether oxygens (including phenoxy) is 2. The summed E-state index contributed by atoms with van der Waals surface area (Å²) in [5.41, 5.74) is 0.